The van der Waals surface area contributed by atoms with Crippen molar-refractivity contribution in [3.8, 4) is 0 Å². The van der Waals surface area contributed by atoms with E-state index >= 15 is 0 Å². The van der Waals surface area contributed by atoms with Crippen LogP contribution in [-0.2, 0) is 4.79 Å². The third kappa shape index (κ3) is 2.72. The van der Waals surface area contributed by atoms with Crippen LogP contribution in [0.3, 0.4) is 0 Å². The minimum Gasteiger partial charge on any atom is -0.370 e. The Morgan fingerprint density at radius 3 is 2.94 bits per heavy atom. The summed E-state index contributed by atoms with van der Waals surface area (Å²) >= 11 is 1.70. The monoisotopic (exact) mass is 254 g/mol. The minimum atomic E-state index is -0.739. The van der Waals surface area contributed by atoms with Crippen LogP contribution in [0.4, 0.5) is 10.1 Å². The quantitative estimate of drug-likeness (QED) is 0.867. The minimum absolute atomic E-state index is 0.321. The Morgan fingerprint density at radius 2 is 2.35 bits per heavy atom. The number of halogens is 1. The Balaban J connectivity index is 2.20. The maximum atomic E-state index is 13.1. The van der Waals surface area contributed by atoms with Crippen molar-refractivity contribution in [3.05, 3.63) is 30.1 Å². The Bertz CT molecular complexity index is 419. The van der Waals surface area contributed by atoms with Gasteiger partial charge in [0, 0.05) is 11.4 Å². The van der Waals surface area contributed by atoms with Crippen molar-refractivity contribution in [2.24, 2.45) is 5.73 Å². The van der Waals surface area contributed by atoms with E-state index < -0.39 is 5.54 Å². The molecule has 1 fully saturated rings. The van der Waals surface area contributed by atoms with Crippen molar-refractivity contribution >= 4 is 23.4 Å². The molecule has 1 aliphatic rings. The fourth-order valence-corrected chi connectivity index (χ4v) is 3.19. The van der Waals surface area contributed by atoms with Crippen molar-refractivity contribution in [1.29, 1.82) is 0 Å². The predicted molar refractivity (Wildman–Crippen MR) is 68.5 cm³/mol. The lowest BCUT2D eigenvalue weighted by atomic mass is 9.94. The van der Waals surface area contributed by atoms with Crippen LogP contribution < -0.4 is 11.1 Å². The number of amides is 1. The second kappa shape index (κ2) is 4.96. The van der Waals surface area contributed by atoms with Gasteiger partial charge in [-0.2, -0.15) is 11.8 Å². The number of carbonyl (C=O) groups excluding carboxylic acids is 1. The predicted octanol–water partition coefficient (Wildman–Crippen LogP) is 1.99. The highest BCUT2D eigenvalue weighted by Gasteiger charge is 2.38. The van der Waals surface area contributed by atoms with Crippen molar-refractivity contribution in [2.45, 2.75) is 18.4 Å². The molecule has 1 atom stereocenters. The van der Waals surface area contributed by atoms with Crippen LogP contribution in [0.5, 0.6) is 0 Å². The van der Waals surface area contributed by atoms with E-state index in [0.29, 0.717) is 17.9 Å². The second-order valence-corrected chi connectivity index (χ2v) is 5.34. The summed E-state index contributed by atoms with van der Waals surface area (Å²) in [5.41, 5.74) is 5.34. The SMILES string of the molecule is NC(=O)C1(Nc2cccc(F)c2)CCCSC1. The molecule has 1 saturated heterocycles. The first-order valence-electron chi connectivity index (χ1n) is 5.54. The van der Waals surface area contributed by atoms with Crippen molar-refractivity contribution in [1.82, 2.24) is 0 Å². The molecule has 1 aromatic carbocycles. The molecule has 92 valence electrons. The van der Waals surface area contributed by atoms with Crippen LogP contribution in [0.15, 0.2) is 24.3 Å². The smallest absolute Gasteiger partial charge is 0.243 e. The molecular formula is C12H15FN2OS. The van der Waals surface area contributed by atoms with Gasteiger partial charge in [-0.15, -0.1) is 0 Å². The molecule has 2 rings (SSSR count). The Kier molecular flexibility index (Phi) is 3.57. The van der Waals surface area contributed by atoms with Gasteiger partial charge < -0.3 is 11.1 Å². The fraction of sp³-hybridized carbons (Fsp3) is 0.417. The van der Waals surface area contributed by atoms with Gasteiger partial charge >= 0.3 is 0 Å². The van der Waals surface area contributed by atoms with Crippen molar-refractivity contribution < 1.29 is 9.18 Å². The molecule has 1 heterocycles. The van der Waals surface area contributed by atoms with Crippen LogP contribution in [0.1, 0.15) is 12.8 Å². The van der Waals surface area contributed by atoms with E-state index in [0.717, 1.165) is 12.2 Å². The lowest BCUT2D eigenvalue weighted by molar-refractivity contribution is -0.121. The molecule has 3 nitrogen and oxygen atoms in total. The number of rotatable bonds is 3. The maximum absolute atomic E-state index is 13.1. The number of thioether (sulfide) groups is 1. The number of nitrogens with one attached hydrogen (secondary N) is 1. The van der Waals surface area contributed by atoms with Crippen LogP contribution >= 0.6 is 11.8 Å². The molecule has 0 radical (unpaired) electrons. The summed E-state index contributed by atoms with van der Waals surface area (Å²) in [6, 6.07) is 6.11. The van der Waals surface area contributed by atoms with Crippen LogP contribution in [-0.4, -0.2) is 23.0 Å². The fourth-order valence-electron chi connectivity index (χ4n) is 1.99. The largest absolute Gasteiger partial charge is 0.370 e. The van der Waals surface area contributed by atoms with Gasteiger partial charge in [0.25, 0.3) is 0 Å². The first-order chi connectivity index (χ1) is 8.12. The summed E-state index contributed by atoms with van der Waals surface area (Å²) in [6.07, 6.45) is 1.64. The highest BCUT2D eigenvalue weighted by molar-refractivity contribution is 7.99. The molecule has 0 saturated carbocycles. The van der Waals surface area contributed by atoms with E-state index in [1.807, 2.05) is 0 Å². The van der Waals surface area contributed by atoms with Gasteiger partial charge in [-0.05, 0) is 36.8 Å². The summed E-state index contributed by atoms with van der Waals surface area (Å²) in [5.74, 6) is 0.991. The van der Waals surface area contributed by atoms with Gasteiger partial charge in [0.15, 0.2) is 0 Å². The molecule has 1 amide bonds. The zero-order valence-electron chi connectivity index (χ0n) is 9.41. The van der Waals surface area contributed by atoms with Gasteiger partial charge in [0.05, 0.1) is 0 Å². The number of hydrogen-bond donors (Lipinski definition) is 2. The number of hydrogen-bond acceptors (Lipinski definition) is 3. The maximum Gasteiger partial charge on any atom is 0.243 e. The highest BCUT2D eigenvalue weighted by Crippen LogP contribution is 2.30. The van der Waals surface area contributed by atoms with E-state index in [9.17, 15) is 9.18 Å². The second-order valence-electron chi connectivity index (χ2n) is 4.24. The zero-order chi connectivity index (χ0) is 12.3. The average molecular weight is 254 g/mol. The molecule has 5 heteroatoms. The molecule has 1 aliphatic heterocycles. The molecule has 0 aliphatic carbocycles. The summed E-state index contributed by atoms with van der Waals surface area (Å²) in [5, 5.41) is 3.10. The van der Waals surface area contributed by atoms with Gasteiger partial charge in [0.2, 0.25) is 5.91 Å². The normalized spacial score (nSPS) is 24.3. The van der Waals surface area contributed by atoms with Crippen molar-refractivity contribution in [3.63, 3.8) is 0 Å². The number of anilines is 1. The van der Waals surface area contributed by atoms with E-state index in [4.69, 9.17) is 5.73 Å². The molecule has 0 bridgehead atoms. The third-order valence-electron chi connectivity index (χ3n) is 2.92. The van der Waals surface area contributed by atoms with Crippen LogP contribution in [0.25, 0.3) is 0 Å². The molecule has 1 unspecified atom stereocenters. The van der Waals surface area contributed by atoms with E-state index in [1.165, 1.54) is 12.1 Å². The first kappa shape index (κ1) is 12.2. The molecule has 1 aromatic rings. The van der Waals surface area contributed by atoms with Gasteiger partial charge in [-0.1, -0.05) is 6.07 Å². The number of primary amides is 1. The standard InChI is InChI=1S/C12H15FN2OS/c13-9-3-1-4-10(7-9)15-12(11(14)16)5-2-6-17-8-12/h1,3-4,7,15H,2,5-6,8H2,(H2,14,16). The van der Waals surface area contributed by atoms with Crippen LogP contribution in [0, 0.1) is 5.82 Å². The average Bonchev–Trinajstić information content (AvgIpc) is 2.30. The molecule has 3 N–H and O–H groups in total. The topological polar surface area (TPSA) is 55.1 Å². The van der Waals surface area contributed by atoms with Crippen molar-refractivity contribution in [2.75, 3.05) is 16.8 Å². The Labute approximate surface area is 104 Å². The molecule has 17 heavy (non-hydrogen) atoms. The van der Waals surface area contributed by atoms with E-state index in [-0.39, 0.29) is 11.7 Å². The summed E-state index contributed by atoms with van der Waals surface area (Å²) in [7, 11) is 0. The Hall–Kier alpha value is -1.23. The molecule has 0 spiro atoms. The third-order valence-corrected chi connectivity index (χ3v) is 4.19. The summed E-state index contributed by atoms with van der Waals surface area (Å²) < 4.78 is 13.1. The number of nitrogens with two attached hydrogens (primary N) is 1. The van der Waals surface area contributed by atoms with Crippen LogP contribution in [0.2, 0.25) is 0 Å². The van der Waals surface area contributed by atoms with Gasteiger partial charge in [-0.25, -0.2) is 4.39 Å². The lowest BCUT2D eigenvalue weighted by Crippen LogP contribution is -2.54. The zero-order valence-corrected chi connectivity index (χ0v) is 10.2. The molecular weight excluding hydrogens is 239 g/mol. The van der Waals surface area contributed by atoms with E-state index in [1.54, 1.807) is 23.9 Å². The highest BCUT2D eigenvalue weighted by atomic mass is 32.2. The van der Waals surface area contributed by atoms with Gasteiger partial charge in [-0.3, -0.25) is 4.79 Å². The van der Waals surface area contributed by atoms with Gasteiger partial charge in [0.1, 0.15) is 11.4 Å². The molecule has 0 aromatic heterocycles. The number of carbonyl (C=O) groups is 1. The Morgan fingerprint density at radius 1 is 1.53 bits per heavy atom. The number of benzene rings is 1. The first-order valence-corrected chi connectivity index (χ1v) is 6.69. The van der Waals surface area contributed by atoms with E-state index in [2.05, 4.69) is 5.32 Å². The summed E-state index contributed by atoms with van der Waals surface area (Å²) in [6.45, 7) is 0. The summed E-state index contributed by atoms with van der Waals surface area (Å²) in [4.78, 5) is 11.6. The lowest BCUT2D eigenvalue weighted by Gasteiger charge is -2.35.